The summed E-state index contributed by atoms with van der Waals surface area (Å²) in [7, 11) is 0. The molecular formula is C12H23N3O2S. The van der Waals surface area contributed by atoms with Crippen molar-refractivity contribution in [3.05, 3.63) is 0 Å². The Labute approximate surface area is 114 Å². The van der Waals surface area contributed by atoms with E-state index in [2.05, 4.69) is 10.2 Å². The Morgan fingerprint density at radius 1 is 1.50 bits per heavy atom. The van der Waals surface area contributed by atoms with Crippen LogP contribution in [0.1, 0.15) is 26.7 Å². The van der Waals surface area contributed by atoms with Crippen LogP contribution in [0.2, 0.25) is 0 Å². The number of nitrogens with two attached hydrogens (primary N) is 1. The van der Waals surface area contributed by atoms with Crippen molar-refractivity contribution in [2.24, 2.45) is 11.7 Å². The Morgan fingerprint density at radius 3 is 2.61 bits per heavy atom. The van der Waals surface area contributed by atoms with E-state index in [9.17, 15) is 4.79 Å². The SMILES string of the molecule is CC(C)COC(=O)NC1CCN(CC(N)=S)CC1. The average molecular weight is 273 g/mol. The Bertz CT molecular complexity index is 289. The predicted octanol–water partition coefficient (Wildman–Crippen LogP) is 1.12. The van der Waals surface area contributed by atoms with Gasteiger partial charge in [0.05, 0.1) is 11.6 Å². The fourth-order valence-electron chi connectivity index (χ4n) is 1.91. The van der Waals surface area contributed by atoms with Crippen molar-refractivity contribution in [1.29, 1.82) is 0 Å². The Morgan fingerprint density at radius 2 is 2.11 bits per heavy atom. The molecule has 5 nitrogen and oxygen atoms in total. The number of piperidine rings is 1. The molecule has 0 aromatic heterocycles. The van der Waals surface area contributed by atoms with Crippen molar-refractivity contribution in [1.82, 2.24) is 10.2 Å². The van der Waals surface area contributed by atoms with Gasteiger partial charge in [-0.1, -0.05) is 26.1 Å². The number of hydrogen-bond acceptors (Lipinski definition) is 4. The molecule has 1 heterocycles. The monoisotopic (exact) mass is 273 g/mol. The minimum absolute atomic E-state index is 0.201. The van der Waals surface area contributed by atoms with Crippen LogP contribution in [0, 0.1) is 5.92 Å². The molecule has 0 aromatic carbocycles. The van der Waals surface area contributed by atoms with Gasteiger partial charge >= 0.3 is 6.09 Å². The van der Waals surface area contributed by atoms with Gasteiger partial charge in [-0.3, -0.25) is 4.90 Å². The number of nitrogens with one attached hydrogen (secondary N) is 1. The smallest absolute Gasteiger partial charge is 0.407 e. The number of carbonyl (C=O) groups is 1. The number of hydrogen-bond donors (Lipinski definition) is 2. The van der Waals surface area contributed by atoms with Crippen LogP contribution in [-0.4, -0.2) is 48.3 Å². The van der Waals surface area contributed by atoms with Crippen LogP contribution in [-0.2, 0) is 4.74 Å². The lowest BCUT2D eigenvalue weighted by Crippen LogP contribution is -2.46. The summed E-state index contributed by atoms with van der Waals surface area (Å²) in [5.41, 5.74) is 5.51. The molecule has 0 radical (unpaired) electrons. The lowest BCUT2D eigenvalue weighted by molar-refractivity contribution is 0.123. The van der Waals surface area contributed by atoms with E-state index in [0.717, 1.165) is 25.9 Å². The Hall–Kier alpha value is -0.880. The Kier molecular flexibility index (Phi) is 6.35. The molecule has 0 bridgehead atoms. The lowest BCUT2D eigenvalue weighted by Gasteiger charge is -2.31. The second-order valence-electron chi connectivity index (χ2n) is 5.15. The molecule has 1 rings (SSSR count). The summed E-state index contributed by atoms with van der Waals surface area (Å²) in [5.74, 6) is 0.364. The summed E-state index contributed by atoms with van der Waals surface area (Å²) in [6.45, 7) is 6.98. The number of alkyl carbamates (subject to hydrolysis) is 1. The van der Waals surface area contributed by atoms with Gasteiger partial charge in [-0.25, -0.2) is 4.79 Å². The molecule has 0 unspecified atom stereocenters. The van der Waals surface area contributed by atoms with E-state index < -0.39 is 0 Å². The number of ether oxygens (including phenoxy) is 1. The molecule has 1 aliphatic rings. The molecule has 1 amide bonds. The zero-order chi connectivity index (χ0) is 13.5. The average Bonchev–Trinajstić information content (AvgIpc) is 2.28. The van der Waals surface area contributed by atoms with Gasteiger partial charge in [0, 0.05) is 25.7 Å². The molecule has 0 aliphatic carbocycles. The Balaban J connectivity index is 2.18. The standard InChI is InChI=1S/C12H23N3O2S/c1-9(2)8-17-12(16)14-10-3-5-15(6-4-10)7-11(13)18/h9-10H,3-8H2,1-2H3,(H2,13,18)(H,14,16). The van der Waals surface area contributed by atoms with Crippen LogP contribution < -0.4 is 11.1 Å². The fraction of sp³-hybridized carbons (Fsp3) is 0.833. The molecule has 18 heavy (non-hydrogen) atoms. The van der Waals surface area contributed by atoms with E-state index >= 15 is 0 Å². The molecular weight excluding hydrogens is 250 g/mol. The summed E-state index contributed by atoms with van der Waals surface area (Å²) in [6, 6.07) is 0.201. The van der Waals surface area contributed by atoms with Crippen molar-refractivity contribution >= 4 is 23.3 Å². The van der Waals surface area contributed by atoms with E-state index in [0.29, 0.717) is 24.1 Å². The van der Waals surface area contributed by atoms with E-state index in [1.165, 1.54) is 0 Å². The van der Waals surface area contributed by atoms with Gasteiger partial charge in [-0.15, -0.1) is 0 Å². The van der Waals surface area contributed by atoms with Gasteiger partial charge in [0.25, 0.3) is 0 Å². The number of likely N-dealkylation sites (tertiary alicyclic amines) is 1. The third-order valence-electron chi connectivity index (χ3n) is 2.84. The number of nitrogens with zero attached hydrogens (tertiary/aromatic N) is 1. The number of thiocarbonyl (C=S) groups is 1. The van der Waals surface area contributed by atoms with Gasteiger partial charge in [-0.2, -0.15) is 0 Å². The van der Waals surface area contributed by atoms with E-state index in [4.69, 9.17) is 22.7 Å². The number of amides is 1. The van der Waals surface area contributed by atoms with Crippen LogP contribution in [0.4, 0.5) is 4.79 Å². The number of rotatable bonds is 5. The lowest BCUT2D eigenvalue weighted by atomic mass is 10.1. The van der Waals surface area contributed by atoms with Crippen LogP contribution in [0.15, 0.2) is 0 Å². The van der Waals surface area contributed by atoms with Gasteiger partial charge in [0.2, 0.25) is 0 Å². The third kappa shape index (κ3) is 6.16. The first kappa shape index (κ1) is 15.2. The molecule has 1 fully saturated rings. The highest BCUT2D eigenvalue weighted by Crippen LogP contribution is 2.10. The molecule has 0 atom stereocenters. The molecule has 0 saturated carbocycles. The number of carbonyl (C=O) groups excluding carboxylic acids is 1. The normalized spacial score (nSPS) is 17.7. The highest BCUT2D eigenvalue weighted by molar-refractivity contribution is 7.80. The van der Waals surface area contributed by atoms with Crippen molar-refractivity contribution in [3.63, 3.8) is 0 Å². The molecule has 0 aromatic rings. The van der Waals surface area contributed by atoms with Crippen LogP contribution in [0.25, 0.3) is 0 Å². The first-order valence-corrected chi connectivity index (χ1v) is 6.82. The van der Waals surface area contributed by atoms with Crippen LogP contribution >= 0.6 is 12.2 Å². The van der Waals surface area contributed by atoms with Crippen LogP contribution in [0.3, 0.4) is 0 Å². The van der Waals surface area contributed by atoms with E-state index in [-0.39, 0.29) is 12.1 Å². The van der Waals surface area contributed by atoms with E-state index in [1.807, 2.05) is 13.8 Å². The first-order valence-electron chi connectivity index (χ1n) is 6.41. The highest BCUT2D eigenvalue weighted by atomic mass is 32.1. The summed E-state index contributed by atoms with van der Waals surface area (Å²) in [6.07, 6.45) is 1.52. The van der Waals surface area contributed by atoms with Gasteiger partial charge in [-0.05, 0) is 18.8 Å². The minimum atomic E-state index is -0.309. The topological polar surface area (TPSA) is 67.6 Å². The fourth-order valence-corrected chi connectivity index (χ4v) is 2.09. The third-order valence-corrected chi connectivity index (χ3v) is 2.97. The molecule has 6 heteroatoms. The largest absolute Gasteiger partial charge is 0.449 e. The minimum Gasteiger partial charge on any atom is -0.449 e. The molecule has 104 valence electrons. The first-order chi connectivity index (χ1) is 8.47. The highest BCUT2D eigenvalue weighted by Gasteiger charge is 2.21. The molecule has 3 N–H and O–H groups in total. The van der Waals surface area contributed by atoms with Crippen molar-refractivity contribution in [3.8, 4) is 0 Å². The second kappa shape index (κ2) is 7.53. The van der Waals surface area contributed by atoms with Crippen molar-refractivity contribution in [2.45, 2.75) is 32.7 Å². The van der Waals surface area contributed by atoms with Gasteiger partial charge in [0.1, 0.15) is 0 Å². The molecule has 1 saturated heterocycles. The van der Waals surface area contributed by atoms with Crippen molar-refractivity contribution < 1.29 is 9.53 Å². The zero-order valence-electron chi connectivity index (χ0n) is 11.1. The summed E-state index contributed by atoms with van der Waals surface area (Å²) in [4.78, 5) is 14.2. The summed E-state index contributed by atoms with van der Waals surface area (Å²) in [5, 5.41) is 2.90. The van der Waals surface area contributed by atoms with Crippen LogP contribution in [0.5, 0.6) is 0 Å². The maximum absolute atomic E-state index is 11.5. The van der Waals surface area contributed by atoms with Crippen molar-refractivity contribution in [2.75, 3.05) is 26.2 Å². The quantitative estimate of drug-likeness (QED) is 0.735. The molecule has 1 aliphatic heterocycles. The zero-order valence-corrected chi connectivity index (χ0v) is 12.0. The summed E-state index contributed by atoms with van der Waals surface area (Å²) >= 11 is 4.88. The maximum Gasteiger partial charge on any atom is 0.407 e. The second-order valence-corrected chi connectivity index (χ2v) is 5.68. The molecule has 0 spiro atoms. The maximum atomic E-state index is 11.5. The predicted molar refractivity (Wildman–Crippen MR) is 75.6 cm³/mol. The summed E-state index contributed by atoms with van der Waals surface area (Å²) < 4.78 is 5.09. The van der Waals surface area contributed by atoms with Gasteiger partial charge in [0.15, 0.2) is 0 Å². The van der Waals surface area contributed by atoms with E-state index in [1.54, 1.807) is 0 Å². The van der Waals surface area contributed by atoms with Gasteiger partial charge < -0.3 is 15.8 Å².